The van der Waals surface area contributed by atoms with Crippen LogP contribution in [0.4, 0.5) is 5.82 Å². The summed E-state index contributed by atoms with van der Waals surface area (Å²) in [6, 6.07) is 16.2. The van der Waals surface area contributed by atoms with Crippen LogP contribution in [0.1, 0.15) is 29.7 Å². The maximum absolute atomic E-state index is 11.1. The van der Waals surface area contributed by atoms with Gasteiger partial charge in [-0.1, -0.05) is 30.3 Å². The molecule has 0 bridgehead atoms. The molecule has 4 aromatic rings. The Labute approximate surface area is 215 Å². The fraction of sp³-hybridized carbons (Fsp3) is 0.250. The van der Waals surface area contributed by atoms with E-state index in [1.807, 2.05) is 30.3 Å². The molecule has 0 aliphatic carbocycles. The summed E-state index contributed by atoms with van der Waals surface area (Å²) in [6.07, 6.45) is 10.1. The minimum absolute atomic E-state index is 0.425. The Kier molecular flexibility index (Phi) is 6.66. The summed E-state index contributed by atoms with van der Waals surface area (Å²) in [6.45, 7) is 1.44. The van der Waals surface area contributed by atoms with Crippen LogP contribution in [0.25, 0.3) is 22.3 Å². The van der Waals surface area contributed by atoms with Gasteiger partial charge in [-0.25, -0.2) is 14.5 Å². The number of aromatic nitrogens is 4. The Morgan fingerprint density at radius 3 is 2.62 bits per heavy atom. The van der Waals surface area contributed by atoms with Crippen molar-refractivity contribution in [1.82, 2.24) is 19.6 Å². The molecule has 0 spiro atoms. The van der Waals surface area contributed by atoms with Crippen LogP contribution < -0.4 is 10.6 Å². The number of aliphatic hydroxyl groups is 1. The molecule has 1 aliphatic rings. The molecule has 4 heterocycles. The zero-order valence-electron chi connectivity index (χ0n) is 20.6. The second kappa shape index (κ2) is 10.2. The summed E-state index contributed by atoms with van der Waals surface area (Å²) in [5.74, 6) is 0.840. The van der Waals surface area contributed by atoms with Crippen molar-refractivity contribution in [3.05, 3.63) is 84.1 Å². The summed E-state index contributed by atoms with van der Waals surface area (Å²) < 4.78 is 1.63. The van der Waals surface area contributed by atoms with E-state index in [-0.39, 0.29) is 0 Å². The normalized spacial score (nSPS) is 15.8. The Hall–Kier alpha value is -4.55. The van der Waals surface area contributed by atoms with Crippen molar-refractivity contribution in [2.75, 3.05) is 25.0 Å². The summed E-state index contributed by atoms with van der Waals surface area (Å²) in [5.41, 5.74) is 9.85. The first kappa shape index (κ1) is 24.2. The van der Waals surface area contributed by atoms with Gasteiger partial charge in [0.2, 0.25) is 0 Å². The molecule has 0 saturated carbocycles. The highest BCUT2D eigenvalue weighted by atomic mass is 16.3. The van der Waals surface area contributed by atoms with Gasteiger partial charge in [-0.05, 0) is 30.5 Å². The molecule has 0 radical (unpaired) electrons. The lowest BCUT2D eigenvalue weighted by Crippen LogP contribution is -2.46. The van der Waals surface area contributed by atoms with E-state index in [4.69, 9.17) is 15.7 Å². The lowest BCUT2D eigenvalue weighted by Gasteiger charge is -2.39. The van der Waals surface area contributed by atoms with E-state index in [0.29, 0.717) is 47.3 Å². The van der Waals surface area contributed by atoms with E-state index < -0.39 is 5.60 Å². The molecule has 9 nitrogen and oxygen atoms in total. The molecule has 1 saturated heterocycles. The molecule has 186 valence electrons. The van der Waals surface area contributed by atoms with Gasteiger partial charge < -0.3 is 15.7 Å². The second-order valence-electron chi connectivity index (χ2n) is 9.23. The van der Waals surface area contributed by atoms with Crippen LogP contribution in [-0.2, 0) is 6.42 Å². The Bertz CT molecular complexity index is 1490. The minimum Gasteiger partial charge on any atom is -0.404 e. The van der Waals surface area contributed by atoms with Crippen molar-refractivity contribution in [2.24, 2.45) is 10.7 Å². The lowest BCUT2D eigenvalue weighted by molar-refractivity contribution is 0.0164. The molecule has 3 aromatic heterocycles. The number of rotatable bonds is 6. The molecule has 3 N–H and O–H groups in total. The first-order chi connectivity index (χ1) is 18.0. The maximum atomic E-state index is 11.1. The van der Waals surface area contributed by atoms with E-state index in [2.05, 4.69) is 33.2 Å². The third-order valence-electron chi connectivity index (χ3n) is 6.78. The van der Waals surface area contributed by atoms with Gasteiger partial charge in [-0.15, -0.1) is 0 Å². The summed E-state index contributed by atoms with van der Waals surface area (Å²) >= 11 is 0. The number of hydrogen-bond acceptors (Lipinski definition) is 8. The zero-order chi connectivity index (χ0) is 25.8. The number of pyridine rings is 1. The Balaban J connectivity index is 1.40. The third-order valence-corrected chi connectivity index (χ3v) is 6.78. The largest absolute Gasteiger partial charge is 0.404 e. The fourth-order valence-electron chi connectivity index (χ4n) is 4.79. The number of benzene rings is 1. The van der Waals surface area contributed by atoms with E-state index in [9.17, 15) is 10.4 Å². The Morgan fingerprint density at radius 1 is 1.19 bits per heavy atom. The predicted octanol–water partition coefficient (Wildman–Crippen LogP) is 3.24. The van der Waals surface area contributed by atoms with Gasteiger partial charge in [0.05, 0.1) is 29.4 Å². The summed E-state index contributed by atoms with van der Waals surface area (Å²) in [5, 5.41) is 25.1. The van der Waals surface area contributed by atoms with E-state index >= 15 is 0 Å². The van der Waals surface area contributed by atoms with Crippen molar-refractivity contribution >= 4 is 23.1 Å². The number of nitriles is 1. The van der Waals surface area contributed by atoms with Gasteiger partial charge in [-0.3, -0.25) is 4.99 Å². The van der Waals surface area contributed by atoms with Crippen molar-refractivity contribution < 1.29 is 5.11 Å². The molecule has 1 fully saturated rings. The third kappa shape index (κ3) is 4.92. The van der Waals surface area contributed by atoms with Gasteiger partial charge in [0.1, 0.15) is 23.0 Å². The molecular formula is C28H28N8O. The van der Waals surface area contributed by atoms with E-state index in [1.165, 1.54) is 12.4 Å². The number of allylic oxidation sites excluding steroid dienone is 1. The molecule has 9 heteroatoms. The number of piperidine rings is 1. The van der Waals surface area contributed by atoms with Crippen LogP contribution in [0.2, 0.25) is 0 Å². The molecule has 5 rings (SSSR count). The van der Waals surface area contributed by atoms with Gasteiger partial charge in [-0.2, -0.15) is 10.4 Å². The number of fused-ring (bicyclic) bond motifs is 1. The van der Waals surface area contributed by atoms with Gasteiger partial charge >= 0.3 is 0 Å². The first-order valence-electron chi connectivity index (χ1n) is 12.1. The number of nitrogens with zero attached hydrogens (tertiary/aromatic N) is 7. The second-order valence-corrected chi connectivity index (χ2v) is 9.23. The quantitative estimate of drug-likeness (QED) is 0.395. The molecule has 1 aromatic carbocycles. The van der Waals surface area contributed by atoms with Crippen molar-refractivity contribution in [1.29, 1.82) is 5.26 Å². The van der Waals surface area contributed by atoms with Gasteiger partial charge in [0.25, 0.3) is 0 Å². The maximum Gasteiger partial charge on any atom is 0.128 e. The van der Waals surface area contributed by atoms with E-state index in [1.54, 1.807) is 30.2 Å². The van der Waals surface area contributed by atoms with Crippen molar-refractivity contribution in [2.45, 2.75) is 24.9 Å². The van der Waals surface area contributed by atoms with Gasteiger partial charge in [0.15, 0.2) is 0 Å². The first-order valence-corrected chi connectivity index (χ1v) is 12.1. The Morgan fingerprint density at radius 2 is 1.97 bits per heavy atom. The molecule has 0 unspecified atom stereocenters. The van der Waals surface area contributed by atoms with Crippen LogP contribution in [-0.4, -0.2) is 56.6 Å². The molecule has 37 heavy (non-hydrogen) atoms. The molecule has 0 amide bonds. The minimum atomic E-state index is -0.709. The predicted molar refractivity (Wildman–Crippen MR) is 144 cm³/mol. The smallest absolute Gasteiger partial charge is 0.128 e. The highest BCUT2D eigenvalue weighted by Gasteiger charge is 2.32. The van der Waals surface area contributed by atoms with Crippen molar-refractivity contribution in [3.63, 3.8) is 0 Å². The average Bonchev–Trinajstić information content (AvgIpc) is 3.35. The monoisotopic (exact) mass is 492 g/mol. The number of anilines is 1. The average molecular weight is 493 g/mol. The number of aliphatic imine (C=N–C) groups is 1. The van der Waals surface area contributed by atoms with Crippen LogP contribution in [0.15, 0.2) is 72.2 Å². The van der Waals surface area contributed by atoms with Crippen LogP contribution in [0, 0.1) is 11.3 Å². The standard InChI is InChI=1S/C28H28N8O/c1-31-16-22(14-29)24-19-36-27(23(15-30)18-33-36)26(34-24)21-7-8-25(32-17-21)35-11-9-28(37,10-12-35)13-20-5-3-2-4-6-20/h2-8,14,16-19,37H,9-13,29H2,1H3. The molecular weight excluding hydrogens is 464 g/mol. The fourth-order valence-corrected chi connectivity index (χ4v) is 4.79. The van der Waals surface area contributed by atoms with Gasteiger partial charge in [0, 0.05) is 56.3 Å². The molecule has 0 atom stereocenters. The van der Waals surface area contributed by atoms with Crippen LogP contribution in [0.3, 0.4) is 0 Å². The zero-order valence-corrected chi connectivity index (χ0v) is 20.6. The SMILES string of the molecule is CN=CC(=CN)c1cn2ncc(C#N)c2c(-c2ccc(N3CCC(O)(Cc4ccccc4)CC3)nc2)n1. The van der Waals surface area contributed by atoms with E-state index in [0.717, 1.165) is 30.0 Å². The lowest BCUT2D eigenvalue weighted by atomic mass is 9.85. The van der Waals surface area contributed by atoms with Crippen LogP contribution >= 0.6 is 0 Å². The number of hydrogen-bond donors (Lipinski definition) is 2. The summed E-state index contributed by atoms with van der Waals surface area (Å²) in [4.78, 5) is 15.8. The number of nitrogens with two attached hydrogens (primary N) is 1. The highest BCUT2D eigenvalue weighted by molar-refractivity contribution is 6.09. The highest BCUT2D eigenvalue weighted by Crippen LogP contribution is 2.31. The topological polar surface area (TPSA) is 129 Å². The summed E-state index contributed by atoms with van der Waals surface area (Å²) in [7, 11) is 1.66. The van der Waals surface area contributed by atoms with Crippen LogP contribution in [0.5, 0.6) is 0 Å². The van der Waals surface area contributed by atoms with Crippen molar-refractivity contribution in [3.8, 4) is 17.3 Å². The molecule has 1 aliphatic heterocycles.